The number of nitrogens with one attached hydrogen (secondary N) is 1. The molecule has 1 heterocycles. The molecule has 2 rings (SSSR count). The van der Waals surface area contributed by atoms with E-state index in [1.165, 1.54) is 5.69 Å². The van der Waals surface area contributed by atoms with Crippen LogP contribution in [0.2, 0.25) is 0 Å². The first-order chi connectivity index (χ1) is 11.6. The number of ether oxygens (including phenoxy) is 1. The molecule has 5 heteroatoms. The zero-order valence-electron chi connectivity index (χ0n) is 15.1. The summed E-state index contributed by atoms with van der Waals surface area (Å²) >= 11 is 0. The van der Waals surface area contributed by atoms with Gasteiger partial charge in [-0.3, -0.25) is 0 Å². The minimum atomic E-state index is 0.567. The average Bonchev–Trinajstić information content (AvgIpc) is 2.97. The quantitative estimate of drug-likeness (QED) is 0.483. The lowest BCUT2D eigenvalue weighted by Gasteiger charge is -2.22. The van der Waals surface area contributed by atoms with Crippen molar-refractivity contribution in [1.29, 1.82) is 0 Å². The fourth-order valence-corrected chi connectivity index (χ4v) is 2.47. The van der Waals surface area contributed by atoms with Gasteiger partial charge in [0.2, 0.25) is 0 Å². The Balaban J connectivity index is 1.90. The number of rotatable bonds is 7. The van der Waals surface area contributed by atoms with Gasteiger partial charge >= 0.3 is 0 Å². The van der Waals surface area contributed by atoms with E-state index in [9.17, 15) is 0 Å². The van der Waals surface area contributed by atoms with E-state index in [2.05, 4.69) is 72.1 Å². The van der Waals surface area contributed by atoms with Crippen molar-refractivity contribution in [3.8, 4) is 5.75 Å². The van der Waals surface area contributed by atoms with Gasteiger partial charge in [-0.2, -0.15) is 0 Å². The number of hydrogen-bond donors (Lipinski definition) is 1. The minimum Gasteiger partial charge on any atom is -0.491 e. The molecule has 1 aromatic heterocycles. The molecule has 0 aliphatic carbocycles. The minimum absolute atomic E-state index is 0.567. The molecule has 0 aliphatic heterocycles. The fraction of sp³-hybridized carbons (Fsp3) is 0.421. The van der Waals surface area contributed by atoms with Gasteiger partial charge in [-0.1, -0.05) is 18.2 Å². The summed E-state index contributed by atoms with van der Waals surface area (Å²) in [5, 5.41) is 3.34. The molecule has 0 radical (unpaired) electrons. The van der Waals surface area contributed by atoms with Crippen molar-refractivity contribution in [3.05, 3.63) is 53.9 Å². The largest absolute Gasteiger partial charge is 0.491 e. The third-order valence-electron chi connectivity index (χ3n) is 3.85. The van der Waals surface area contributed by atoms with Crippen LogP contribution in [0.25, 0.3) is 0 Å². The van der Waals surface area contributed by atoms with Crippen molar-refractivity contribution >= 4 is 5.96 Å². The lowest BCUT2D eigenvalue weighted by molar-refractivity contribution is 0.325. The van der Waals surface area contributed by atoms with E-state index >= 15 is 0 Å². The maximum atomic E-state index is 5.81. The molecule has 0 unspecified atom stereocenters. The molecule has 24 heavy (non-hydrogen) atoms. The summed E-state index contributed by atoms with van der Waals surface area (Å²) in [6.07, 6.45) is 2.06. The van der Waals surface area contributed by atoms with Crippen LogP contribution in [0.4, 0.5) is 0 Å². The Labute approximate surface area is 145 Å². The highest BCUT2D eigenvalue weighted by atomic mass is 16.5. The van der Waals surface area contributed by atoms with Crippen molar-refractivity contribution in [3.63, 3.8) is 0 Å². The molecule has 0 fully saturated rings. The van der Waals surface area contributed by atoms with Crippen LogP contribution in [0, 0.1) is 6.92 Å². The predicted molar refractivity (Wildman–Crippen MR) is 99.5 cm³/mol. The Hall–Kier alpha value is -2.43. The molecule has 0 atom stereocenters. The van der Waals surface area contributed by atoms with E-state index < -0.39 is 0 Å². The van der Waals surface area contributed by atoms with Crippen LogP contribution in [0.15, 0.2) is 47.6 Å². The molecule has 2 aromatic rings. The highest BCUT2D eigenvalue weighted by Crippen LogP contribution is 2.15. The summed E-state index contributed by atoms with van der Waals surface area (Å²) in [7, 11) is 4.11. The van der Waals surface area contributed by atoms with Gasteiger partial charge in [0.25, 0.3) is 0 Å². The summed E-state index contributed by atoms with van der Waals surface area (Å²) in [5.41, 5.74) is 2.40. The van der Waals surface area contributed by atoms with E-state index in [-0.39, 0.29) is 0 Å². The highest BCUT2D eigenvalue weighted by Gasteiger charge is 2.08. The topological polar surface area (TPSA) is 41.8 Å². The van der Waals surface area contributed by atoms with E-state index in [1.54, 1.807) is 0 Å². The molecule has 0 saturated carbocycles. The zero-order chi connectivity index (χ0) is 17.4. The zero-order valence-corrected chi connectivity index (χ0v) is 15.1. The second-order valence-corrected chi connectivity index (χ2v) is 5.82. The Kier molecular flexibility index (Phi) is 6.73. The monoisotopic (exact) mass is 328 g/mol. The van der Waals surface area contributed by atoms with E-state index in [4.69, 9.17) is 4.74 Å². The molecular weight excluding hydrogens is 300 g/mol. The Bertz CT molecular complexity index is 663. The fourth-order valence-electron chi connectivity index (χ4n) is 2.47. The molecule has 0 bridgehead atoms. The lowest BCUT2D eigenvalue weighted by atomic mass is 10.2. The van der Waals surface area contributed by atoms with Crippen molar-refractivity contribution in [2.24, 2.45) is 12.0 Å². The third-order valence-corrected chi connectivity index (χ3v) is 3.85. The standard InChI is InChI=1S/C19H28N4O/c1-5-20-19(23(4)15-17-10-8-13-22(17)3)21-12-14-24-18-11-7-6-9-16(18)2/h6-11,13H,5,12,14-15H2,1-4H3,(H,20,21). The summed E-state index contributed by atoms with van der Waals surface area (Å²) in [5.74, 6) is 1.82. The average molecular weight is 328 g/mol. The lowest BCUT2D eigenvalue weighted by Crippen LogP contribution is -2.39. The van der Waals surface area contributed by atoms with Crippen LogP contribution in [-0.2, 0) is 13.6 Å². The van der Waals surface area contributed by atoms with Gasteiger partial charge in [-0.15, -0.1) is 0 Å². The molecule has 0 spiro atoms. The number of para-hydroxylation sites is 1. The molecule has 1 aromatic carbocycles. The summed E-state index contributed by atoms with van der Waals surface area (Å²) < 4.78 is 7.94. The number of guanidine groups is 1. The predicted octanol–water partition coefficient (Wildman–Crippen LogP) is 2.81. The van der Waals surface area contributed by atoms with Crippen molar-refractivity contribution in [2.75, 3.05) is 26.7 Å². The second kappa shape index (κ2) is 9.01. The molecular formula is C19H28N4O. The number of aliphatic imine (C=N–C) groups is 1. The SMILES string of the molecule is CCNC(=NCCOc1ccccc1C)N(C)Cc1cccn1C. The Morgan fingerprint density at radius 3 is 2.71 bits per heavy atom. The van der Waals surface area contributed by atoms with Crippen LogP contribution >= 0.6 is 0 Å². The number of hydrogen-bond acceptors (Lipinski definition) is 2. The maximum Gasteiger partial charge on any atom is 0.194 e. The first-order valence-corrected chi connectivity index (χ1v) is 8.40. The normalized spacial score (nSPS) is 11.4. The van der Waals surface area contributed by atoms with E-state index in [1.807, 2.05) is 18.2 Å². The van der Waals surface area contributed by atoms with Gasteiger partial charge in [0.1, 0.15) is 12.4 Å². The molecule has 0 aliphatic rings. The van der Waals surface area contributed by atoms with Crippen LogP contribution in [-0.4, -0.2) is 42.2 Å². The van der Waals surface area contributed by atoms with Gasteiger partial charge in [0.05, 0.1) is 13.1 Å². The van der Waals surface area contributed by atoms with Crippen LogP contribution < -0.4 is 10.1 Å². The highest BCUT2D eigenvalue weighted by molar-refractivity contribution is 5.79. The summed E-state index contributed by atoms with van der Waals surface area (Å²) in [4.78, 5) is 6.80. The molecule has 0 saturated heterocycles. The van der Waals surface area contributed by atoms with Crippen molar-refractivity contribution < 1.29 is 4.74 Å². The number of nitrogens with zero attached hydrogens (tertiary/aromatic N) is 3. The van der Waals surface area contributed by atoms with Crippen LogP contribution in [0.1, 0.15) is 18.2 Å². The van der Waals surface area contributed by atoms with E-state index in [0.717, 1.165) is 30.4 Å². The third kappa shape index (κ3) is 5.05. The number of aryl methyl sites for hydroxylation is 2. The van der Waals surface area contributed by atoms with Gasteiger partial charge in [-0.25, -0.2) is 4.99 Å². The molecule has 5 nitrogen and oxygen atoms in total. The summed E-state index contributed by atoms with van der Waals surface area (Å²) in [6.45, 7) is 6.97. The van der Waals surface area contributed by atoms with Crippen molar-refractivity contribution in [2.45, 2.75) is 20.4 Å². The first-order valence-electron chi connectivity index (χ1n) is 8.40. The maximum absolute atomic E-state index is 5.81. The van der Waals surface area contributed by atoms with Crippen LogP contribution in [0.3, 0.4) is 0 Å². The Morgan fingerprint density at radius 2 is 2.04 bits per heavy atom. The first kappa shape index (κ1) is 17.9. The van der Waals surface area contributed by atoms with Gasteiger partial charge in [-0.05, 0) is 37.6 Å². The molecule has 1 N–H and O–H groups in total. The summed E-state index contributed by atoms with van der Waals surface area (Å²) in [6, 6.07) is 12.2. The van der Waals surface area contributed by atoms with Gasteiger partial charge < -0.3 is 19.5 Å². The van der Waals surface area contributed by atoms with Crippen molar-refractivity contribution in [1.82, 2.24) is 14.8 Å². The smallest absolute Gasteiger partial charge is 0.194 e. The van der Waals surface area contributed by atoms with E-state index in [0.29, 0.717) is 13.2 Å². The van der Waals surface area contributed by atoms with Gasteiger partial charge in [0, 0.05) is 32.5 Å². The second-order valence-electron chi connectivity index (χ2n) is 5.82. The van der Waals surface area contributed by atoms with Gasteiger partial charge in [0.15, 0.2) is 5.96 Å². The number of aromatic nitrogens is 1. The number of benzene rings is 1. The molecule has 0 amide bonds. The van der Waals surface area contributed by atoms with Crippen LogP contribution in [0.5, 0.6) is 5.75 Å². The Morgan fingerprint density at radius 1 is 1.25 bits per heavy atom. The molecule has 130 valence electrons.